The maximum Gasteiger partial charge on any atom is 0.245 e. The third-order valence-corrected chi connectivity index (χ3v) is 3.78. The third-order valence-electron chi connectivity index (χ3n) is 3.78. The summed E-state index contributed by atoms with van der Waals surface area (Å²) in [5.74, 6) is -0.673. The van der Waals surface area contributed by atoms with Crippen molar-refractivity contribution >= 4 is 11.6 Å². The van der Waals surface area contributed by atoms with Crippen LogP contribution in [-0.4, -0.2) is 16.1 Å². The molecule has 1 heterocycles. The number of nitrogens with zero attached hydrogens (tertiary/aromatic N) is 1. The zero-order valence-corrected chi connectivity index (χ0v) is 12.8. The highest BCUT2D eigenvalue weighted by molar-refractivity contribution is 6.44. The predicted molar refractivity (Wildman–Crippen MR) is 84.4 cm³/mol. The van der Waals surface area contributed by atoms with Crippen molar-refractivity contribution in [1.82, 2.24) is 4.57 Å². The van der Waals surface area contributed by atoms with Gasteiger partial charge >= 0.3 is 0 Å². The number of benzene rings is 1. The molecule has 1 aromatic carbocycles. The highest BCUT2D eigenvalue weighted by Crippen LogP contribution is 2.27. The summed E-state index contributed by atoms with van der Waals surface area (Å²) in [4.78, 5) is 24.6. The van der Waals surface area contributed by atoms with Crippen LogP contribution in [0.1, 0.15) is 42.4 Å². The minimum absolute atomic E-state index is 0.296. The molecular weight excluding hydrogens is 262 g/mol. The summed E-state index contributed by atoms with van der Waals surface area (Å²) in [5, 5.41) is 0. The lowest BCUT2D eigenvalue weighted by Crippen LogP contribution is -2.18. The number of rotatable bonds is 6. The van der Waals surface area contributed by atoms with Crippen molar-refractivity contribution in [2.75, 3.05) is 0 Å². The highest BCUT2D eigenvalue weighted by atomic mass is 16.2. The molecule has 2 rings (SSSR count). The zero-order chi connectivity index (χ0) is 15.4. The Balaban J connectivity index is 2.44. The molecular formula is C18H21NO2. The monoisotopic (exact) mass is 283 g/mol. The lowest BCUT2D eigenvalue weighted by molar-refractivity contribution is -0.115. The molecule has 3 heteroatoms. The topological polar surface area (TPSA) is 39.1 Å². The molecule has 0 aliphatic rings. The maximum atomic E-state index is 12.5. The van der Waals surface area contributed by atoms with Crippen molar-refractivity contribution in [3.63, 3.8) is 0 Å². The Kier molecular flexibility index (Phi) is 4.73. The van der Waals surface area contributed by atoms with Crippen molar-refractivity contribution in [2.45, 2.75) is 33.1 Å². The number of aromatic nitrogens is 1. The summed E-state index contributed by atoms with van der Waals surface area (Å²) in [6, 6.07) is 11.7. The molecule has 0 aliphatic heterocycles. The fourth-order valence-corrected chi connectivity index (χ4v) is 2.43. The van der Waals surface area contributed by atoms with Gasteiger partial charge in [0.05, 0.1) is 0 Å². The van der Waals surface area contributed by atoms with E-state index in [4.69, 9.17) is 0 Å². The van der Waals surface area contributed by atoms with Gasteiger partial charge in [0.25, 0.3) is 0 Å². The van der Waals surface area contributed by atoms with Crippen LogP contribution in [0.25, 0.3) is 11.1 Å². The molecule has 110 valence electrons. The number of Topliss-reactive ketones (excluding diaryl/α,β-unsaturated/α-hetero) is 2. The first-order valence-corrected chi connectivity index (χ1v) is 7.35. The lowest BCUT2D eigenvalue weighted by atomic mass is 10.0. The lowest BCUT2D eigenvalue weighted by Gasteiger charge is -2.07. The molecule has 0 bridgehead atoms. The van der Waals surface area contributed by atoms with Gasteiger partial charge in [-0.3, -0.25) is 9.59 Å². The average Bonchev–Trinajstić information content (AvgIpc) is 2.80. The molecule has 0 aliphatic carbocycles. The molecule has 2 aromatic rings. The van der Waals surface area contributed by atoms with Gasteiger partial charge in [-0.2, -0.15) is 0 Å². The number of ketones is 2. The molecule has 0 saturated heterocycles. The van der Waals surface area contributed by atoms with E-state index >= 15 is 0 Å². The number of hydrogen-bond donors (Lipinski definition) is 0. The van der Waals surface area contributed by atoms with E-state index in [2.05, 4.69) is 0 Å². The number of aryl methyl sites for hydroxylation is 1. The van der Waals surface area contributed by atoms with E-state index in [1.54, 1.807) is 0 Å². The molecule has 0 saturated carbocycles. The van der Waals surface area contributed by atoms with Crippen LogP contribution in [0.3, 0.4) is 0 Å². The van der Waals surface area contributed by atoms with Crippen LogP contribution in [0.2, 0.25) is 0 Å². The molecule has 1 aromatic heterocycles. The average molecular weight is 283 g/mol. The quantitative estimate of drug-likeness (QED) is 0.595. The smallest absolute Gasteiger partial charge is 0.245 e. The number of unbranched alkanes of at least 4 members (excludes halogenated alkanes) is 1. The minimum Gasteiger partial charge on any atom is -0.345 e. The molecule has 0 spiro atoms. The molecule has 0 atom stereocenters. The Labute approximate surface area is 125 Å². The van der Waals surface area contributed by atoms with Crippen molar-refractivity contribution in [3.05, 3.63) is 47.8 Å². The van der Waals surface area contributed by atoms with Crippen LogP contribution in [0.4, 0.5) is 0 Å². The van der Waals surface area contributed by atoms with Crippen molar-refractivity contribution in [2.24, 2.45) is 7.05 Å². The summed E-state index contributed by atoms with van der Waals surface area (Å²) in [5.41, 5.74) is 3.28. The number of carbonyl (C=O) groups is 2. The fourth-order valence-electron chi connectivity index (χ4n) is 2.43. The largest absolute Gasteiger partial charge is 0.345 e. The van der Waals surface area contributed by atoms with E-state index in [9.17, 15) is 9.59 Å². The molecule has 0 amide bonds. The van der Waals surface area contributed by atoms with E-state index in [1.807, 2.05) is 61.9 Å². The first-order valence-electron chi connectivity index (χ1n) is 7.35. The molecule has 0 N–H and O–H groups in total. The minimum atomic E-state index is -0.377. The van der Waals surface area contributed by atoms with Gasteiger partial charge in [-0.15, -0.1) is 0 Å². The van der Waals surface area contributed by atoms with Crippen LogP contribution in [0.5, 0.6) is 0 Å². The number of carbonyl (C=O) groups excluding carboxylic acids is 2. The second kappa shape index (κ2) is 6.53. The van der Waals surface area contributed by atoms with Crippen LogP contribution in [-0.2, 0) is 11.8 Å². The van der Waals surface area contributed by atoms with Crippen molar-refractivity contribution < 1.29 is 9.59 Å². The number of hydrogen-bond acceptors (Lipinski definition) is 2. The Bertz CT molecular complexity index is 653. The highest BCUT2D eigenvalue weighted by Gasteiger charge is 2.24. The Morgan fingerprint density at radius 1 is 1.14 bits per heavy atom. The van der Waals surface area contributed by atoms with Gasteiger partial charge in [-0.05, 0) is 25.0 Å². The van der Waals surface area contributed by atoms with Gasteiger partial charge in [0.1, 0.15) is 5.69 Å². The molecule has 3 nitrogen and oxygen atoms in total. The van der Waals surface area contributed by atoms with E-state index in [1.165, 1.54) is 0 Å². The Hall–Kier alpha value is -2.16. The van der Waals surface area contributed by atoms with Gasteiger partial charge in [0.15, 0.2) is 0 Å². The third kappa shape index (κ3) is 3.13. The molecule has 21 heavy (non-hydrogen) atoms. The maximum absolute atomic E-state index is 12.5. The Morgan fingerprint density at radius 3 is 2.43 bits per heavy atom. The normalized spacial score (nSPS) is 10.6. The Morgan fingerprint density at radius 2 is 1.81 bits per heavy atom. The molecule has 0 radical (unpaired) electrons. The fraction of sp³-hybridized carbons (Fsp3) is 0.333. The molecule has 0 fully saturated rings. The van der Waals surface area contributed by atoms with Crippen LogP contribution >= 0.6 is 0 Å². The van der Waals surface area contributed by atoms with Crippen LogP contribution in [0.15, 0.2) is 36.4 Å². The van der Waals surface area contributed by atoms with E-state index < -0.39 is 0 Å². The molecule has 0 unspecified atom stereocenters. The van der Waals surface area contributed by atoms with E-state index in [-0.39, 0.29) is 11.6 Å². The van der Waals surface area contributed by atoms with Crippen LogP contribution < -0.4 is 0 Å². The first-order chi connectivity index (χ1) is 10.1. The van der Waals surface area contributed by atoms with Gasteiger partial charge in [0.2, 0.25) is 11.6 Å². The standard InChI is InChI=1S/C18H21NO2/c1-4-5-11-16(20)18(21)17-15(12-13(2)19(17)3)14-9-7-6-8-10-14/h6-10,12H,4-5,11H2,1-3H3. The summed E-state index contributed by atoms with van der Waals surface area (Å²) >= 11 is 0. The summed E-state index contributed by atoms with van der Waals surface area (Å²) in [6.07, 6.45) is 2.00. The van der Waals surface area contributed by atoms with Crippen molar-refractivity contribution in [1.29, 1.82) is 0 Å². The second-order valence-electron chi connectivity index (χ2n) is 5.33. The van der Waals surface area contributed by atoms with Gasteiger partial charge < -0.3 is 4.57 Å². The van der Waals surface area contributed by atoms with Gasteiger partial charge in [-0.1, -0.05) is 43.7 Å². The summed E-state index contributed by atoms with van der Waals surface area (Å²) in [6.45, 7) is 3.96. The van der Waals surface area contributed by atoms with Gasteiger partial charge in [-0.25, -0.2) is 0 Å². The van der Waals surface area contributed by atoms with E-state index in [0.29, 0.717) is 12.1 Å². The van der Waals surface area contributed by atoms with Crippen molar-refractivity contribution in [3.8, 4) is 11.1 Å². The summed E-state index contributed by atoms with van der Waals surface area (Å²) in [7, 11) is 1.84. The van der Waals surface area contributed by atoms with Gasteiger partial charge in [0, 0.05) is 24.7 Å². The second-order valence-corrected chi connectivity index (χ2v) is 5.33. The predicted octanol–water partition coefficient (Wildman–Crippen LogP) is 3.94. The zero-order valence-electron chi connectivity index (χ0n) is 12.8. The van der Waals surface area contributed by atoms with E-state index in [0.717, 1.165) is 29.7 Å². The van der Waals surface area contributed by atoms with Crippen LogP contribution in [0, 0.1) is 6.92 Å². The summed E-state index contributed by atoms with van der Waals surface area (Å²) < 4.78 is 1.81. The first kappa shape index (κ1) is 15.2. The SMILES string of the molecule is CCCCC(=O)C(=O)c1c(-c2ccccc2)cc(C)n1C.